The van der Waals surface area contributed by atoms with Crippen molar-refractivity contribution in [2.75, 3.05) is 12.5 Å². The van der Waals surface area contributed by atoms with Gasteiger partial charge in [0, 0.05) is 11.8 Å². The number of hydrogen-bond donors (Lipinski definition) is 1. The summed E-state index contributed by atoms with van der Waals surface area (Å²) >= 11 is 0. The number of aryl methyl sites for hydroxylation is 2. The van der Waals surface area contributed by atoms with Crippen molar-refractivity contribution < 1.29 is 4.74 Å². The molecule has 0 atom stereocenters. The zero-order chi connectivity index (χ0) is 13.7. The Kier molecular flexibility index (Phi) is 4.13. The molecule has 0 unspecified atom stereocenters. The van der Waals surface area contributed by atoms with E-state index in [0.717, 1.165) is 17.0 Å². The number of benzene rings is 1. The maximum Gasteiger partial charge on any atom is 0.137 e. The first-order valence-electron chi connectivity index (χ1n) is 6.04. The molecule has 1 heterocycles. The Balaban J connectivity index is 2.06. The number of hydrazone groups is 1. The highest BCUT2D eigenvalue weighted by atomic mass is 16.5. The summed E-state index contributed by atoms with van der Waals surface area (Å²) < 4.78 is 5.11. The molecule has 0 amide bonds. The smallest absolute Gasteiger partial charge is 0.137 e. The van der Waals surface area contributed by atoms with Crippen molar-refractivity contribution in [1.29, 1.82) is 0 Å². The molecule has 0 aliphatic heterocycles. The van der Waals surface area contributed by atoms with E-state index in [4.69, 9.17) is 4.74 Å². The Hall–Kier alpha value is -2.36. The van der Waals surface area contributed by atoms with E-state index in [1.807, 2.05) is 12.1 Å². The normalized spacial score (nSPS) is 10.7. The van der Waals surface area contributed by atoms with Gasteiger partial charge in [-0.2, -0.15) is 5.10 Å². The Morgan fingerprint density at radius 3 is 2.79 bits per heavy atom. The van der Waals surface area contributed by atoms with Crippen LogP contribution in [-0.2, 0) is 0 Å². The van der Waals surface area contributed by atoms with Gasteiger partial charge in [-0.15, -0.1) is 0 Å². The lowest BCUT2D eigenvalue weighted by molar-refractivity contribution is 0.413. The van der Waals surface area contributed by atoms with Crippen LogP contribution in [0.4, 0.5) is 5.69 Å². The molecule has 4 heteroatoms. The molecule has 1 aromatic carbocycles. The quantitative estimate of drug-likeness (QED) is 0.674. The van der Waals surface area contributed by atoms with Gasteiger partial charge < -0.3 is 4.74 Å². The molecule has 0 saturated carbocycles. The summed E-state index contributed by atoms with van der Waals surface area (Å²) in [7, 11) is 1.62. The Morgan fingerprint density at radius 1 is 1.21 bits per heavy atom. The molecule has 0 aliphatic carbocycles. The SMILES string of the molecule is COc1cncc(/C=N/Nc2ccc(C)cc2C)c1. The maximum absolute atomic E-state index is 5.11. The highest BCUT2D eigenvalue weighted by Gasteiger charge is 1.96. The van der Waals surface area contributed by atoms with E-state index in [1.54, 1.807) is 25.7 Å². The Morgan fingerprint density at radius 2 is 2.05 bits per heavy atom. The number of hydrogen-bond acceptors (Lipinski definition) is 4. The summed E-state index contributed by atoms with van der Waals surface area (Å²) in [5, 5.41) is 4.21. The van der Waals surface area contributed by atoms with Crippen LogP contribution < -0.4 is 10.2 Å². The molecule has 19 heavy (non-hydrogen) atoms. The first-order valence-corrected chi connectivity index (χ1v) is 6.04. The molecule has 0 radical (unpaired) electrons. The third-order valence-electron chi connectivity index (χ3n) is 2.75. The van der Waals surface area contributed by atoms with Crippen molar-refractivity contribution in [3.05, 3.63) is 53.3 Å². The zero-order valence-corrected chi connectivity index (χ0v) is 11.3. The minimum atomic E-state index is 0.718. The van der Waals surface area contributed by atoms with Crippen molar-refractivity contribution in [1.82, 2.24) is 4.98 Å². The van der Waals surface area contributed by atoms with E-state index in [2.05, 4.69) is 41.5 Å². The van der Waals surface area contributed by atoms with Crippen LogP contribution in [0.1, 0.15) is 16.7 Å². The number of rotatable bonds is 4. The maximum atomic E-state index is 5.11. The summed E-state index contributed by atoms with van der Waals surface area (Å²) in [5.41, 5.74) is 7.32. The lowest BCUT2D eigenvalue weighted by Gasteiger charge is -2.05. The first-order chi connectivity index (χ1) is 9.19. The molecular formula is C15H17N3O. The second-order valence-corrected chi connectivity index (χ2v) is 4.35. The predicted octanol–water partition coefficient (Wildman–Crippen LogP) is 3.15. The molecule has 2 aromatic rings. The predicted molar refractivity (Wildman–Crippen MR) is 77.9 cm³/mol. The topological polar surface area (TPSA) is 46.5 Å². The van der Waals surface area contributed by atoms with Crippen LogP contribution in [0, 0.1) is 13.8 Å². The van der Waals surface area contributed by atoms with Crippen LogP contribution in [0.2, 0.25) is 0 Å². The molecule has 4 nitrogen and oxygen atoms in total. The third-order valence-corrected chi connectivity index (χ3v) is 2.75. The van der Waals surface area contributed by atoms with E-state index in [1.165, 1.54) is 11.1 Å². The average molecular weight is 255 g/mol. The van der Waals surface area contributed by atoms with Gasteiger partial charge in [-0.25, -0.2) is 0 Å². The average Bonchev–Trinajstić information content (AvgIpc) is 2.41. The van der Waals surface area contributed by atoms with Gasteiger partial charge in [0.15, 0.2) is 0 Å². The third kappa shape index (κ3) is 3.55. The first kappa shape index (κ1) is 13.1. The molecule has 0 saturated heterocycles. The molecule has 2 rings (SSSR count). The second kappa shape index (κ2) is 6.00. The second-order valence-electron chi connectivity index (χ2n) is 4.35. The van der Waals surface area contributed by atoms with E-state index >= 15 is 0 Å². The van der Waals surface area contributed by atoms with Crippen molar-refractivity contribution in [2.24, 2.45) is 5.10 Å². The molecular weight excluding hydrogens is 238 g/mol. The largest absolute Gasteiger partial charge is 0.495 e. The van der Waals surface area contributed by atoms with Crippen LogP contribution in [0.25, 0.3) is 0 Å². The van der Waals surface area contributed by atoms with Gasteiger partial charge in [0.05, 0.1) is 25.2 Å². The minimum Gasteiger partial charge on any atom is -0.495 e. The van der Waals surface area contributed by atoms with Gasteiger partial charge in [0.2, 0.25) is 0 Å². The highest BCUT2D eigenvalue weighted by Crippen LogP contribution is 2.16. The fourth-order valence-corrected chi connectivity index (χ4v) is 1.73. The number of ether oxygens (including phenoxy) is 1. The van der Waals surface area contributed by atoms with Gasteiger partial charge in [0.1, 0.15) is 5.75 Å². The Bertz CT molecular complexity index is 594. The Labute approximate surface area is 113 Å². The number of pyridine rings is 1. The number of methoxy groups -OCH3 is 1. The van der Waals surface area contributed by atoms with Crippen molar-refractivity contribution in [3.8, 4) is 5.75 Å². The van der Waals surface area contributed by atoms with Gasteiger partial charge >= 0.3 is 0 Å². The summed E-state index contributed by atoms with van der Waals surface area (Å²) in [5.74, 6) is 0.718. The van der Waals surface area contributed by atoms with Crippen molar-refractivity contribution in [2.45, 2.75) is 13.8 Å². The summed E-state index contributed by atoms with van der Waals surface area (Å²) in [6.07, 6.45) is 5.11. The number of aromatic nitrogens is 1. The molecule has 0 aliphatic rings. The summed E-state index contributed by atoms with van der Waals surface area (Å²) in [6.45, 7) is 4.12. The van der Waals surface area contributed by atoms with Crippen LogP contribution in [0.5, 0.6) is 5.75 Å². The van der Waals surface area contributed by atoms with E-state index in [-0.39, 0.29) is 0 Å². The molecule has 98 valence electrons. The standard InChI is InChI=1S/C15H17N3O/c1-11-4-5-15(12(2)6-11)18-17-9-13-7-14(19-3)10-16-8-13/h4-10,18H,1-3H3/b17-9+. The number of anilines is 1. The van der Waals surface area contributed by atoms with Crippen molar-refractivity contribution >= 4 is 11.9 Å². The number of nitrogens with one attached hydrogen (secondary N) is 1. The lowest BCUT2D eigenvalue weighted by atomic mass is 10.1. The van der Waals surface area contributed by atoms with Gasteiger partial charge in [-0.05, 0) is 31.5 Å². The molecule has 0 fully saturated rings. The van der Waals surface area contributed by atoms with Gasteiger partial charge in [-0.1, -0.05) is 17.7 Å². The fraction of sp³-hybridized carbons (Fsp3) is 0.200. The molecule has 1 aromatic heterocycles. The van der Waals surface area contributed by atoms with E-state index in [9.17, 15) is 0 Å². The summed E-state index contributed by atoms with van der Waals surface area (Å²) in [6, 6.07) is 8.06. The monoisotopic (exact) mass is 255 g/mol. The van der Waals surface area contributed by atoms with Crippen LogP contribution in [0.3, 0.4) is 0 Å². The highest BCUT2D eigenvalue weighted by molar-refractivity contribution is 5.80. The van der Waals surface area contributed by atoms with Crippen LogP contribution in [-0.4, -0.2) is 18.3 Å². The van der Waals surface area contributed by atoms with E-state index in [0.29, 0.717) is 0 Å². The fourth-order valence-electron chi connectivity index (χ4n) is 1.73. The van der Waals surface area contributed by atoms with E-state index < -0.39 is 0 Å². The lowest BCUT2D eigenvalue weighted by Crippen LogP contribution is -1.94. The van der Waals surface area contributed by atoms with Gasteiger partial charge in [-0.3, -0.25) is 10.4 Å². The summed E-state index contributed by atoms with van der Waals surface area (Å²) in [4.78, 5) is 4.07. The zero-order valence-electron chi connectivity index (χ0n) is 11.3. The van der Waals surface area contributed by atoms with Crippen molar-refractivity contribution in [3.63, 3.8) is 0 Å². The molecule has 0 bridgehead atoms. The molecule has 0 spiro atoms. The van der Waals surface area contributed by atoms with Crippen LogP contribution >= 0.6 is 0 Å². The minimum absolute atomic E-state index is 0.718. The van der Waals surface area contributed by atoms with Crippen LogP contribution in [0.15, 0.2) is 41.8 Å². The van der Waals surface area contributed by atoms with Gasteiger partial charge in [0.25, 0.3) is 0 Å². The molecule has 1 N–H and O–H groups in total. The number of nitrogens with zero attached hydrogens (tertiary/aromatic N) is 2.